The van der Waals surface area contributed by atoms with Gasteiger partial charge in [-0.25, -0.2) is 0 Å². The number of ether oxygens (including phenoxy) is 1. The summed E-state index contributed by atoms with van der Waals surface area (Å²) in [4.78, 5) is 0. The highest BCUT2D eigenvalue weighted by molar-refractivity contribution is 5.58. The van der Waals surface area contributed by atoms with Gasteiger partial charge >= 0.3 is 0 Å². The van der Waals surface area contributed by atoms with Crippen molar-refractivity contribution in [1.82, 2.24) is 0 Å². The van der Waals surface area contributed by atoms with Gasteiger partial charge in [-0.2, -0.15) is 5.26 Å². The standard InChI is InChI=1S/C16H16N2O/c1-19-12-14-7-8-16(15(9-14)10-17)18-11-13-5-3-2-4-6-13/h2-9,18H,11-12H2,1H3. The number of hydrogen-bond donors (Lipinski definition) is 1. The van der Waals surface area contributed by atoms with Crippen molar-refractivity contribution in [3.8, 4) is 6.07 Å². The van der Waals surface area contributed by atoms with Crippen LogP contribution in [0.2, 0.25) is 0 Å². The Morgan fingerprint density at radius 3 is 2.58 bits per heavy atom. The van der Waals surface area contributed by atoms with Crippen LogP contribution in [0.25, 0.3) is 0 Å². The highest BCUT2D eigenvalue weighted by Crippen LogP contribution is 2.18. The van der Waals surface area contributed by atoms with Crippen LogP contribution >= 0.6 is 0 Å². The molecule has 2 aromatic carbocycles. The highest BCUT2D eigenvalue weighted by atomic mass is 16.5. The van der Waals surface area contributed by atoms with E-state index in [4.69, 9.17) is 4.74 Å². The number of benzene rings is 2. The van der Waals surface area contributed by atoms with Gasteiger partial charge in [-0.1, -0.05) is 36.4 Å². The van der Waals surface area contributed by atoms with E-state index in [1.165, 1.54) is 5.56 Å². The van der Waals surface area contributed by atoms with Gasteiger partial charge in [0.1, 0.15) is 6.07 Å². The van der Waals surface area contributed by atoms with E-state index in [0.717, 1.165) is 11.3 Å². The minimum Gasteiger partial charge on any atom is -0.380 e. The van der Waals surface area contributed by atoms with Crippen molar-refractivity contribution < 1.29 is 4.74 Å². The molecule has 0 radical (unpaired) electrons. The average Bonchev–Trinajstić information content (AvgIpc) is 2.47. The molecule has 0 bridgehead atoms. The maximum atomic E-state index is 9.18. The van der Waals surface area contributed by atoms with E-state index in [9.17, 15) is 5.26 Å². The molecule has 2 aromatic rings. The Morgan fingerprint density at radius 1 is 1.11 bits per heavy atom. The summed E-state index contributed by atoms with van der Waals surface area (Å²) in [6.45, 7) is 1.23. The number of nitrogens with one attached hydrogen (secondary N) is 1. The Morgan fingerprint density at radius 2 is 1.89 bits per heavy atom. The van der Waals surface area contributed by atoms with Crippen molar-refractivity contribution in [2.75, 3.05) is 12.4 Å². The summed E-state index contributed by atoms with van der Waals surface area (Å²) in [6, 6.07) is 18.1. The summed E-state index contributed by atoms with van der Waals surface area (Å²) in [7, 11) is 1.65. The Hall–Kier alpha value is -2.31. The highest BCUT2D eigenvalue weighted by Gasteiger charge is 2.03. The molecule has 0 saturated carbocycles. The summed E-state index contributed by atoms with van der Waals surface area (Å²) >= 11 is 0. The number of anilines is 1. The van der Waals surface area contributed by atoms with Gasteiger partial charge in [0.15, 0.2) is 0 Å². The zero-order valence-corrected chi connectivity index (χ0v) is 10.9. The normalized spacial score (nSPS) is 9.89. The fourth-order valence-corrected chi connectivity index (χ4v) is 1.89. The van der Waals surface area contributed by atoms with Crippen LogP contribution in [0, 0.1) is 11.3 Å². The van der Waals surface area contributed by atoms with E-state index >= 15 is 0 Å². The molecule has 0 aliphatic carbocycles. The van der Waals surface area contributed by atoms with E-state index < -0.39 is 0 Å². The molecule has 0 atom stereocenters. The molecule has 0 aliphatic heterocycles. The molecule has 0 aromatic heterocycles. The van der Waals surface area contributed by atoms with Crippen molar-refractivity contribution in [1.29, 1.82) is 5.26 Å². The molecular formula is C16H16N2O. The van der Waals surface area contributed by atoms with Crippen LogP contribution in [0.3, 0.4) is 0 Å². The zero-order valence-electron chi connectivity index (χ0n) is 10.9. The third kappa shape index (κ3) is 3.57. The lowest BCUT2D eigenvalue weighted by Crippen LogP contribution is -2.02. The number of methoxy groups -OCH3 is 1. The van der Waals surface area contributed by atoms with Gasteiger partial charge in [-0.15, -0.1) is 0 Å². The first-order chi connectivity index (χ1) is 9.33. The number of hydrogen-bond acceptors (Lipinski definition) is 3. The first-order valence-corrected chi connectivity index (χ1v) is 6.13. The van der Waals surface area contributed by atoms with Crippen molar-refractivity contribution >= 4 is 5.69 Å². The van der Waals surface area contributed by atoms with Gasteiger partial charge in [0.2, 0.25) is 0 Å². The Labute approximate surface area is 113 Å². The van der Waals surface area contributed by atoms with Crippen LogP contribution in [-0.4, -0.2) is 7.11 Å². The molecule has 2 rings (SSSR count). The van der Waals surface area contributed by atoms with Crippen LogP contribution in [0.15, 0.2) is 48.5 Å². The molecule has 3 nitrogen and oxygen atoms in total. The van der Waals surface area contributed by atoms with Crippen molar-refractivity contribution in [2.45, 2.75) is 13.2 Å². The summed E-state index contributed by atoms with van der Waals surface area (Å²) in [6.07, 6.45) is 0. The fraction of sp³-hybridized carbons (Fsp3) is 0.188. The molecule has 1 N–H and O–H groups in total. The molecule has 0 heterocycles. The lowest BCUT2D eigenvalue weighted by atomic mass is 10.1. The third-order valence-electron chi connectivity index (χ3n) is 2.84. The maximum absolute atomic E-state index is 9.18. The Bertz CT molecular complexity index is 573. The van der Waals surface area contributed by atoms with Crippen molar-refractivity contribution in [2.24, 2.45) is 0 Å². The predicted molar refractivity (Wildman–Crippen MR) is 75.6 cm³/mol. The van der Waals surface area contributed by atoms with E-state index in [0.29, 0.717) is 18.7 Å². The average molecular weight is 252 g/mol. The van der Waals surface area contributed by atoms with Crippen LogP contribution in [0.4, 0.5) is 5.69 Å². The Kier molecular flexibility index (Phi) is 4.54. The number of nitrogens with zero attached hydrogens (tertiary/aromatic N) is 1. The van der Waals surface area contributed by atoms with Gasteiger partial charge < -0.3 is 10.1 Å². The van der Waals surface area contributed by atoms with E-state index in [1.54, 1.807) is 7.11 Å². The smallest absolute Gasteiger partial charge is 0.101 e. The van der Waals surface area contributed by atoms with Crippen LogP contribution in [-0.2, 0) is 17.9 Å². The largest absolute Gasteiger partial charge is 0.380 e. The quantitative estimate of drug-likeness (QED) is 0.887. The van der Waals surface area contributed by atoms with Gasteiger partial charge in [-0.3, -0.25) is 0 Å². The summed E-state index contributed by atoms with van der Waals surface area (Å²) in [5.41, 5.74) is 3.69. The number of nitriles is 1. The van der Waals surface area contributed by atoms with Crippen LogP contribution in [0.1, 0.15) is 16.7 Å². The number of rotatable bonds is 5. The molecular weight excluding hydrogens is 236 g/mol. The van der Waals surface area contributed by atoms with Crippen LogP contribution in [0.5, 0.6) is 0 Å². The molecule has 0 aliphatic rings. The SMILES string of the molecule is COCc1ccc(NCc2ccccc2)c(C#N)c1. The first-order valence-electron chi connectivity index (χ1n) is 6.13. The molecule has 3 heteroatoms. The van der Waals surface area contributed by atoms with Gasteiger partial charge in [0.25, 0.3) is 0 Å². The minimum absolute atomic E-state index is 0.521. The van der Waals surface area contributed by atoms with Gasteiger partial charge in [0, 0.05) is 13.7 Å². The monoisotopic (exact) mass is 252 g/mol. The molecule has 0 unspecified atom stereocenters. The molecule has 19 heavy (non-hydrogen) atoms. The lowest BCUT2D eigenvalue weighted by Gasteiger charge is -2.09. The summed E-state index contributed by atoms with van der Waals surface area (Å²) < 4.78 is 5.07. The second kappa shape index (κ2) is 6.58. The van der Waals surface area contributed by atoms with E-state index in [2.05, 4.69) is 23.5 Å². The first kappa shape index (κ1) is 13.1. The third-order valence-corrected chi connectivity index (χ3v) is 2.84. The molecule has 0 saturated heterocycles. The molecule has 0 fully saturated rings. The maximum Gasteiger partial charge on any atom is 0.101 e. The lowest BCUT2D eigenvalue weighted by molar-refractivity contribution is 0.185. The van der Waals surface area contributed by atoms with Crippen molar-refractivity contribution in [3.05, 3.63) is 65.2 Å². The molecule has 96 valence electrons. The van der Waals surface area contributed by atoms with E-state index in [-0.39, 0.29) is 0 Å². The van der Waals surface area contributed by atoms with Crippen LogP contribution < -0.4 is 5.32 Å². The second-order valence-corrected chi connectivity index (χ2v) is 4.26. The minimum atomic E-state index is 0.521. The molecule has 0 spiro atoms. The summed E-state index contributed by atoms with van der Waals surface area (Å²) in [5.74, 6) is 0. The van der Waals surface area contributed by atoms with Crippen molar-refractivity contribution in [3.63, 3.8) is 0 Å². The molecule has 0 amide bonds. The fourth-order valence-electron chi connectivity index (χ4n) is 1.89. The topological polar surface area (TPSA) is 45.0 Å². The predicted octanol–water partition coefficient (Wildman–Crippen LogP) is 3.32. The Balaban J connectivity index is 2.10. The zero-order chi connectivity index (χ0) is 13.5. The van der Waals surface area contributed by atoms with Gasteiger partial charge in [0.05, 0.1) is 17.9 Å². The van der Waals surface area contributed by atoms with E-state index in [1.807, 2.05) is 36.4 Å². The second-order valence-electron chi connectivity index (χ2n) is 4.26. The van der Waals surface area contributed by atoms with Gasteiger partial charge in [-0.05, 0) is 23.3 Å². The summed E-state index contributed by atoms with van der Waals surface area (Å²) in [5, 5.41) is 12.5.